The van der Waals surface area contributed by atoms with E-state index in [1.54, 1.807) is 12.2 Å². The van der Waals surface area contributed by atoms with Crippen LogP contribution in [0.15, 0.2) is 11.1 Å². The highest BCUT2D eigenvalue weighted by Gasteiger charge is 2.27. The number of pyridine rings is 1. The van der Waals surface area contributed by atoms with Gasteiger partial charge in [-0.1, -0.05) is 11.8 Å². The minimum Gasteiger partial charge on any atom is -0.462 e. The fourth-order valence-corrected chi connectivity index (χ4v) is 2.40. The minimum atomic E-state index is -4.49. The first-order valence-corrected chi connectivity index (χ1v) is 7.71. The molecule has 0 aliphatic heterocycles. The Morgan fingerprint density at radius 3 is 2.67 bits per heavy atom. The summed E-state index contributed by atoms with van der Waals surface area (Å²) in [6, 6.07) is 3.13. The second-order valence-electron chi connectivity index (χ2n) is 4.49. The van der Waals surface area contributed by atoms with Gasteiger partial charge in [-0.2, -0.15) is 18.4 Å². The number of nitrogens with one attached hydrogen (secondary N) is 1. The molecule has 0 saturated heterocycles. The molecule has 0 aliphatic carbocycles. The van der Waals surface area contributed by atoms with Gasteiger partial charge >= 0.3 is 12.1 Å². The zero-order valence-electron chi connectivity index (χ0n) is 12.9. The summed E-state index contributed by atoms with van der Waals surface area (Å²) in [5.41, 5.74) is 0.460. The molecule has 6 nitrogen and oxygen atoms in total. The number of carbonyl (C=O) groups excluding carboxylic acids is 2. The number of hydrogen-bond acceptors (Lipinski definition) is 6. The average Bonchev–Trinajstić information content (AvgIpc) is 2.50. The average molecular weight is 361 g/mol. The van der Waals surface area contributed by atoms with Crippen LogP contribution in [0.1, 0.15) is 28.5 Å². The lowest BCUT2D eigenvalue weighted by Gasteiger charge is -2.10. The summed E-state index contributed by atoms with van der Waals surface area (Å²) < 4.78 is 40.9. The summed E-state index contributed by atoms with van der Waals surface area (Å²) in [5.74, 6) is -1.80. The molecule has 1 aromatic heterocycles. The first-order valence-electron chi connectivity index (χ1n) is 6.73. The Hall–Kier alpha value is -2.28. The number of aromatic nitrogens is 1. The molecule has 0 aliphatic rings. The highest BCUT2D eigenvalue weighted by Crippen LogP contribution is 2.23. The molecule has 0 spiro atoms. The Bertz CT molecular complexity index is 672. The minimum absolute atomic E-state index is 0.0391. The van der Waals surface area contributed by atoms with Gasteiger partial charge in [0, 0.05) is 0 Å². The van der Waals surface area contributed by atoms with Crippen molar-refractivity contribution < 1.29 is 27.5 Å². The molecule has 0 fully saturated rings. The number of thioether (sulfide) groups is 1. The van der Waals surface area contributed by atoms with Gasteiger partial charge < -0.3 is 10.1 Å². The molecule has 1 N–H and O–H groups in total. The van der Waals surface area contributed by atoms with Crippen LogP contribution in [-0.2, 0) is 9.53 Å². The van der Waals surface area contributed by atoms with E-state index in [0.29, 0.717) is 5.69 Å². The summed E-state index contributed by atoms with van der Waals surface area (Å²) in [6.07, 6.45) is -4.49. The molecule has 0 saturated carbocycles. The Morgan fingerprint density at radius 1 is 1.46 bits per heavy atom. The van der Waals surface area contributed by atoms with Gasteiger partial charge in [0.25, 0.3) is 0 Å². The van der Waals surface area contributed by atoms with Crippen molar-refractivity contribution in [2.24, 2.45) is 0 Å². The number of ether oxygens (including phenoxy) is 1. The van der Waals surface area contributed by atoms with Crippen LogP contribution in [-0.4, -0.2) is 41.9 Å². The number of nitriles is 1. The smallest absolute Gasteiger partial charge is 0.405 e. The number of amides is 1. The SMILES string of the molecule is CCOC(=O)c1cc(C#N)c(SCC(=O)NCC(F)(F)F)nc1C. The summed E-state index contributed by atoms with van der Waals surface area (Å²) in [4.78, 5) is 27.2. The van der Waals surface area contributed by atoms with E-state index in [1.807, 2.05) is 6.07 Å². The zero-order valence-corrected chi connectivity index (χ0v) is 13.7. The fraction of sp³-hybridized carbons (Fsp3) is 0.429. The molecular weight excluding hydrogens is 347 g/mol. The van der Waals surface area contributed by atoms with Gasteiger partial charge in [-0.15, -0.1) is 0 Å². The molecular formula is C14H14F3N3O3S. The van der Waals surface area contributed by atoms with Crippen LogP contribution in [0.4, 0.5) is 13.2 Å². The second kappa shape index (κ2) is 8.54. The molecule has 10 heteroatoms. The third-order valence-electron chi connectivity index (χ3n) is 2.62. The predicted octanol–water partition coefficient (Wildman–Crippen LogP) is 2.21. The predicted molar refractivity (Wildman–Crippen MR) is 79.4 cm³/mol. The molecule has 0 atom stereocenters. The third kappa shape index (κ3) is 6.08. The maximum absolute atomic E-state index is 12.0. The fourth-order valence-electron chi connectivity index (χ4n) is 1.57. The number of alkyl halides is 3. The normalized spacial score (nSPS) is 10.8. The van der Waals surface area contributed by atoms with Gasteiger partial charge in [0.15, 0.2) is 0 Å². The molecule has 0 radical (unpaired) electrons. The molecule has 1 heterocycles. The van der Waals surface area contributed by atoms with Crippen molar-refractivity contribution >= 4 is 23.6 Å². The van der Waals surface area contributed by atoms with Crippen LogP contribution in [0.5, 0.6) is 0 Å². The second-order valence-corrected chi connectivity index (χ2v) is 5.45. The molecule has 1 amide bonds. The lowest BCUT2D eigenvalue weighted by Crippen LogP contribution is -2.34. The highest BCUT2D eigenvalue weighted by molar-refractivity contribution is 8.00. The largest absolute Gasteiger partial charge is 0.462 e. The third-order valence-corrected chi connectivity index (χ3v) is 3.61. The molecule has 1 rings (SSSR count). The summed E-state index contributed by atoms with van der Waals surface area (Å²) in [5, 5.41) is 11.0. The number of hydrogen-bond donors (Lipinski definition) is 1. The zero-order chi connectivity index (χ0) is 18.3. The van der Waals surface area contributed by atoms with Crippen molar-refractivity contribution in [3.05, 3.63) is 22.9 Å². The van der Waals surface area contributed by atoms with Gasteiger partial charge in [0.05, 0.1) is 29.2 Å². The van der Waals surface area contributed by atoms with Gasteiger partial charge in [-0.25, -0.2) is 9.78 Å². The van der Waals surface area contributed by atoms with Gasteiger partial charge in [0.1, 0.15) is 17.6 Å². The number of rotatable bonds is 6. The summed E-state index contributed by atoms with van der Waals surface area (Å²) >= 11 is 0.813. The van der Waals surface area contributed by atoms with Crippen molar-refractivity contribution in [2.45, 2.75) is 25.0 Å². The van der Waals surface area contributed by atoms with E-state index in [-0.39, 0.29) is 28.5 Å². The van der Waals surface area contributed by atoms with Gasteiger partial charge in [-0.05, 0) is 19.9 Å². The maximum atomic E-state index is 12.0. The molecule has 1 aromatic rings. The summed E-state index contributed by atoms with van der Waals surface area (Å²) in [6.45, 7) is 1.90. The van der Waals surface area contributed by atoms with Crippen molar-refractivity contribution in [2.75, 3.05) is 18.9 Å². The van der Waals surface area contributed by atoms with E-state index in [2.05, 4.69) is 4.98 Å². The van der Waals surface area contributed by atoms with E-state index in [0.717, 1.165) is 11.8 Å². The molecule has 24 heavy (non-hydrogen) atoms. The number of aryl methyl sites for hydroxylation is 1. The van der Waals surface area contributed by atoms with Crippen LogP contribution < -0.4 is 5.32 Å². The topological polar surface area (TPSA) is 92.1 Å². The van der Waals surface area contributed by atoms with E-state index in [4.69, 9.17) is 10.00 Å². The van der Waals surface area contributed by atoms with Crippen molar-refractivity contribution in [3.8, 4) is 6.07 Å². The van der Waals surface area contributed by atoms with Crippen molar-refractivity contribution in [1.29, 1.82) is 5.26 Å². The van der Waals surface area contributed by atoms with E-state index < -0.39 is 24.6 Å². The number of carbonyl (C=O) groups is 2. The molecule has 0 aromatic carbocycles. The molecule has 0 unspecified atom stereocenters. The standard InChI is InChI=1S/C14H14F3N3O3S/c1-3-23-13(22)10-4-9(5-18)12(20-8(10)2)24-6-11(21)19-7-14(15,16)17/h4H,3,6-7H2,1-2H3,(H,19,21). The van der Waals surface area contributed by atoms with Gasteiger partial charge in [-0.3, -0.25) is 4.79 Å². The van der Waals surface area contributed by atoms with Gasteiger partial charge in [0.2, 0.25) is 5.91 Å². The van der Waals surface area contributed by atoms with Crippen molar-refractivity contribution in [3.63, 3.8) is 0 Å². The number of nitrogens with zero attached hydrogens (tertiary/aromatic N) is 2. The first-order chi connectivity index (χ1) is 11.2. The highest BCUT2D eigenvalue weighted by atomic mass is 32.2. The number of esters is 1. The Balaban J connectivity index is 2.82. The lowest BCUT2D eigenvalue weighted by molar-refractivity contribution is -0.136. The molecule has 130 valence electrons. The van der Waals surface area contributed by atoms with E-state index in [9.17, 15) is 22.8 Å². The van der Waals surface area contributed by atoms with Crippen molar-refractivity contribution in [1.82, 2.24) is 10.3 Å². The van der Waals surface area contributed by atoms with Crippen LogP contribution in [0.3, 0.4) is 0 Å². The Morgan fingerprint density at radius 2 is 2.12 bits per heavy atom. The van der Waals surface area contributed by atoms with Crippen LogP contribution in [0, 0.1) is 18.3 Å². The van der Waals surface area contributed by atoms with Crippen LogP contribution in [0.2, 0.25) is 0 Å². The Labute approximate surface area is 140 Å². The Kier molecular flexibility index (Phi) is 7.03. The van der Waals surface area contributed by atoms with E-state index >= 15 is 0 Å². The van der Waals surface area contributed by atoms with Crippen LogP contribution >= 0.6 is 11.8 Å². The maximum Gasteiger partial charge on any atom is 0.405 e. The monoisotopic (exact) mass is 361 g/mol. The molecule has 0 bridgehead atoms. The lowest BCUT2D eigenvalue weighted by atomic mass is 10.1. The quantitative estimate of drug-likeness (QED) is 0.617. The van der Waals surface area contributed by atoms with E-state index in [1.165, 1.54) is 13.0 Å². The summed E-state index contributed by atoms with van der Waals surface area (Å²) in [7, 11) is 0. The number of halogens is 3. The first kappa shape index (κ1) is 19.8. The van der Waals surface area contributed by atoms with Crippen LogP contribution in [0.25, 0.3) is 0 Å².